The molecule has 0 unspecified atom stereocenters. The molecular weight excluding hydrogens is 737 g/mol. The van der Waals surface area contributed by atoms with E-state index in [2.05, 4.69) is 217 Å². The molecule has 0 atom stereocenters. The minimum atomic E-state index is -1.81. The second kappa shape index (κ2) is 12.6. The Balaban J connectivity index is 1.05. The Morgan fingerprint density at radius 1 is 0.431 bits per heavy atom. The molecule has 0 radical (unpaired) electrons. The molecule has 2 nitrogen and oxygen atoms in total. The van der Waals surface area contributed by atoms with Gasteiger partial charge in [-0.1, -0.05) is 128 Å². The van der Waals surface area contributed by atoms with Crippen LogP contribution < -0.4 is 15.3 Å². The summed E-state index contributed by atoms with van der Waals surface area (Å²) < 4.78 is 5.06. The lowest BCUT2D eigenvalue weighted by molar-refractivity contribution is 1.18. The van der Waals surface area contributed by atoms with Crippen molar-refractivity contribution in [3.8, 4) is 27.9 Å². The van der Waals surface area contributed by atoms with Crippen molar-refractivity contribution in [1.82, 2.24) is 4.57 Å². The van der Waals surface area contributed by atoms with Crippen LogP contribution in [0.5, 0.6) is 0 Å². The Morgan fingerprint density at radius 3 is 2.02 bits per heavy atom. The molecule has 1 aliphatic heterocycles. The summed E-state index contributed by atoms with van der Waals surface area (Å²) in [6.45, 7) is 5.01. The van der Waals surface area contributed by atoms with Crippen LogP contribution in [0, 0.1) is 0 Å². The van der Waals surface area contributed by atoms with Gasteiger partial charge in [0.05, 0.1) is 11.0 Å². The lowest BCUT2D eigenvalue weighted by Crippen LogP contribution is -2.49. The number of anilines is 3. The normalized spacial score (nSPS) is 13.1. The number of nitrogens with zero attached hydrogens (tertiary/aromatic N) is 2. The van der Waals surface area contributed by atoms with Gasteiger partial charge in [0.15, 0.2) is 0 Å². The van der Waals surface area contributed by atoms with E-state index in [9.17, 15) is 0 Å². The van der Waals surface area contributed by atoms with Gasteiger partial charge >= 0.3 is 0 Å². The van der Waals surface area contributed by atoms with Crippen LogP contribution >= 0.6 is 11.3 Å². The van der Waals surface area contributed by atoms with Crippen molar-refractivity contribution in [2.75, 3.05) is 4.90 Å². The summed E-state index contributed by atoms with van der Waals surface area (Å²) in [6.07, 6.45) is 0. The van der Waals surface area contributed by atoms with Gasteiger partial charge in [0.2, 0.25) is 0 Å². The molecule has 3 heterocycles. The van der Waals surface area contributed by atoms with Crippen molar-refractivity contribution >= 4 is 99.6 Å². The van der Waals surface area contributed by atoms with Crippen LogP contribution in [0.2, 0.25) is 13.1 Å². The van der Waals surface area contributed by atoms with Crippen LogP contribution in [0.1, 0.15) is 0 Å². The van der Waals surface area contributed by atoms with Crippen LogP contribution in [-0.2, 0) is 0 Å². The zero-order chi connectivity index (χ0) is 38.5. The highest BCUT2D eigenvalue weighted by atomic mass is 32.1. The van der Waals surface area contributed by atoms with Gasteiger partial charge in [-0.15, -0.1) is 11.3 Å². The summed E-state index contributed by atoms with van der Waals surface area (Å²) >= 11 is 1.86. The molecule has 58 heavy (non-hydrogen) atoms. The number of hydrogen-bond donors (Lipinski definition) is 0. The highest BCUT2D eigenvalue weighted by Crippen LogP contribution is 2.44. The predicted molar refractivity (Wildman–Crippen MR) is 253 cm³/mol. The number of aromatic nitrogens is 1. The zero-order valence-corrected chi connectivity index (χ0v) is 34.1. The van der Waals surface area contributed by atoms with Gasteiger partial charge in [0.1, 0.15) is 8.07 Å². The van der Waals surface area contributed by atoms with E-state index in [0.29, 0.717) is 0 Å². The van der Waals surface area contributed by atoms with Crippen LogP contribution in [0.4, 0.5) is 17.1 Å². The van der Waals surface area contributed by atoms with Gasteiger partial charge in [-0.05, 0) is 122 Å². The maximum Gasteiger partial charge on any atom is 0.113 e. The van der Waals surface area contributed by atoms with Crippen molar-refractivity contribution in [1.29, 1.82) is 0 Å². The SMILES string of the molecule is C[Si]1(C)c2ccccc2-c2c1ccc1cc3c(cc21)c1cc(-c2cccc(N(c4ccccc4)c4ccc5c(c4)sc4ccccc45)c2)ccc1n3-c1ccccc1. The summed E-state index contributed by atoms with van der Waals surface area (Å²) in [7, 11) is -1.81. The molecule has 4 heteroatoms. The van der Waals surface area contributed by atoms with Crippen molar-refractivity contribution in [2.45, 2.75) is 13.1 Å². The molecule has 11 aromatic rings. The highest BCUT2D eigenvalue weighted by Gasteiger charge is 2.38. The summed E-state index contributed by atoms with van der Waals surface area (Å²) in [5, 5.41) is 10.9. The minimum Gasteiger partial charge on any atom is -0.310 e. The first-order valence-electron chi connectivity index (χ1n) is 20.1. The van der Waals surface area contributed by atoms with E-state index in [1.54, 1.807) is 10.4 Å². The number of thiophene rings is 1. The quantitative estimate of drug-likeness (QED) is 0.158. The van der Waals surface area contributed by atoms with Crippen molar-refractivity contribution in [3.05, 3.63) is 194 Å². The van der Waals surface area contributed by atoms with Gasteiger partial charge in [0.25, 0.3) is 0 Å². The van der Waals surface area contributed by atoms with Crippen molar-refractivity contribution in [2.24, 2.45) is 0 Å². The van der Waals surface area contributed by atoms with Gasteiger partial charge < -0.3 is 9.47 Å². The van der Waals surface area contributed by atoms with E-state index in [1.807, 2.05) is 11.3 Å². The highest BCUT2D eigenvalue weighted by molar-refractivity contribution is 7.25. The number of para-hydroxylation sites is 2. The Kier molecular flexibility index (Phi) is 7.28. The number of benzene rings is 9. The molecule has 0 amide bonds. The molecule has 0 saturated carbocycles. The fraction of sp³-hybridized carbons (Fsp3) is 0.0370. The van der Waals surface area contributed by atoms with Gasteiger partial charge in [-0.3, -0.25) is 0 Å². The fourth-order valence-corrected chi connectivity index (χ4v) is 14.0. The van der Waals surface area contributed by atoms with E-state index in [1.165, 1.54) is 80.7 Å². The molecule has 0 spiro atoms. The lowest BCUT2D eigenvalue weighted by Gasteiger charge is -2.26. The number of rotatable bonds is 5. The molecule has 12 rings (SSSR count). The number of hydrogen-bond acceptors (Lipinski definition) is 2. The van der Waals surface area contributed by atoms with Crippen molar-refractivity contribution < 1.29 is 0 Å². The van der Waals surface area contributed by atoms with Gasteiger partial charge in [0, 0.05) is 53.7 Å². The molecule has 2 aromatic heterocycles. The predicted octanol–water partition coefficient (Wildman–Crippen LogP) is 14.2. The van der Waals surface area contributed by atoms with Crippen LogP contribution in [0.25, 0.3) is 80.7 Å². The standard InChI is InChI=1S/C54H38N2SSi/c1-58(2)52-23-12-10-21-44(52)54-45-34-47-46-31-36(24-28-48(46)56(39-17-7-4-8-18-39)49(47)32-37(45)25-29-53(54)58)35-14-13-19-40(30-35)55(38-15-5-3-6-16-38)41-26-27-43-42-20-9-11-22-50(42)57-51(43)33-41/h3-34H,1-2H3. The largest absolute Gasteiger partial charge is 0.310 e. The van der Waals surface area contributed by atoms with E-state index in [4.69, 9.17) is 0 Å². The Hall–Kier alpha value is -6.72. The van der Waals surface area contributed by atoms with E-state index >= 15 is 0 Å². The summed E-state index contributed by atoms with van der Waals surface area (Å²) in [6, 6.07) is 72.2. The Bertz CT molecular complexity index is 3430. The molecule has 0 fully saturated rings. The molecule has 0 N–H and O–H groups in total. The topological polar surface area (TPSA) is 8.17 Å². The first-order chi connectivity index (χ1) is 28.5. The lowest BCUT2D eigenvalue weighted by atomic mass is 9.96. The third kappa shape index (κ3) is 4.95. The Morgan fingerprint density at radius 2 is 1.14 bits per heavy atom. The second-order valence-corrected chi connectivity index (χ2v) is 21.6. The van der Waals surface area contributed by atoms with Crippen LogP contribution in [0.3, 0.4) is 0 Å². The van der Waals surface area contributed by atoms with E-state index < -0.39 is 8.07 Å². The summed E-state index contributed by atoms with van der Waals surface area (Å²) in [4.78, 5) is 2.39. The first kappa shape index (κ1) is 33.4. The molecule has 0 aliphatic carbocycles. The van der Waals surface area contributed by atoms with Crippen LogP contribution in [-0.4, -0.2) is 12.6 Å². The molecular formula is C54H38N2SSi. The molecule has 274 valence electrons. The number of fused-ring (bicyclic) bond motifs is 11. The third-order valence-electron chi connectivity index (χ3n) is 12.5. The fourth-order valence-electron chi connectivity index (χ4n) is 9.78. The maximum absolute atomic E-state index is 2.50. The Labute approximate surface area is 342 Å². The molecule has 0 saturated heterocycles. The van der Waals surface area contributed by atoms with Gasteiger partial charge in [-0.2, -0.15) is 0 Å². The first-order valence-corrected chi connectivity index (χ1v) is 23.9. The van der Waals surface area contributed by atoms with Crippen LogP contribution in [0.15, 0.2) is 194 Å². The average molecular weight is 775 g/mol. The summed E-state index contributed by atoms with van der Waals surface area (Å²) in [5.74, 6) is 0. The summed E-state index contributed by atoms with van der Waals surface area (Å²) in [5.41, 5.74) is 12.3. The second-order valence-electron chi connectivity index (χ2n) is 16.2. The minimum absolute atomic E-state index is 1.13. The monoisotopic (exact) mass is 774 g/mol. The molecule has 9 aromatic carbocycles. The van der Waals surface area contributed by atoms with Gasteiger partial charge in [-0.25, -0.2) is 0 Å². The van der Waals surface area contributed by atoms with Crippen molar-refractivity contribution in [3.63, 3.8) is 0 Å². The zero-order valence-electron chi connectivity index (χ0n) is 32.3. The van der Waals surface area contributed by atoms with E-state index in [0.717, 1.165) is 17.1 Å². The third-order valence-corrected chi connectivity index (χ3v) is 17.2. The molecule has 1 aliphatic rings. The molecule has 0 bridgehead atoms. The smallest absolute Gasteiger partial charge is 0.113 e. The maximum atomic E-state index is 2.50. The van der Waals surface area contributed by atoms with E-state index in [-0.39, 0.29) is 0 Å². The average Bonchev–Trinajstić information content (AvgIpc) is 3.88.